The lowest BCUT2D eigenvalue weighted by Gasteiger charge is -2.15. The van der Waals surface area contributed by atoms with Gasteiger partial charge >= 0.3 is 0 Å². The van der Waals surface area contributed by atoms with Crippen LogP contribution in [0.4, 0.5) is 0 Å². The number of unbranched alkanes of at least 4 members (excludes halogenated alkanes) is 1. The van der Waals surface area contributed by atoms with E-state index in [2.05, 4.69) is 52.0 Å². The molecule has 150 valence electrons. The molecule has 0 saturated heterocycles. The minimum absolute atomic E-state index is 0.161. The van der Waals surface area contributed by atoms with Crippen LogP contribution in [0.3, 0.4) is 0 Å². The maximum atomic E-state index is 5.95. The van der Waals surface area contributed by atoms with Crippen LogP contribution in [0.1, 0.15) is 24.0 Å². The molecule has 0 spiro atoms. The molecule has 1 unspecified atom stereocenters. The standard InChI is InChI=1S/C23H31N3O2/c1-24-23(26-18-21-17-20-11-5-6-12-22(20)28-21)25-14-7-8-15-27-16-13-19-9-3-2-4-10-19/h2-6,9-12,21H,7-8,13-18H2,1H3,(H2,24,25,26). The SMILES string of the molecule is CN=C(NCCCCOCCc1ccccc1)NCC1Cc2ccccc2O1. The highest BCUT2D eigenvalue weighted by Gasteiger charge is 2.22. The van der Waals surface area contributed by atoms with Gasteiger partial charge in [0.15, 0.2) is 5.96 Å². The zero-order valence-electron chi connectivity index (χ0n) is 16.7. The number of benzene rings is 2. The lowest BCUT2D eigenvalue weighted by Crippen LogP contribution is -2.42. The number of ether oxygens (including phenoxy) is 2. The Hall–Kier alpha value is -2.53. The summed E-state index contributed by atoms with van der Waals surface area (Å²) in [5.41, 5.74) is 2.61. The highest BCUT2D eigenvalue weighted by atomic mass is 16.5. The maximum absolute atomic E-state index is 5.95. The van der Waals surface area contributed by atoms with Gasteiger partial charge in [-0.3, -0.25) is 4.99 Å². The lowest BCUT2D eigenvalue weighted by atomic mass is 10.1. The summed E-state index contributed by atoms with van der Waals surface area (Å²) in [6.45, 7) is 3.21. The first-order valence-corrected chi connectivity index (χ1v) is 10.2. The zero-order valence-corrected chi connectivity index (χ0v) is 16.7. The number of aliphatic imine (C=N–C) groups is 1. The number of guanidine groups is 1. The van der Waals surface area contributed by atoms with Crippen LogP contribution in [0.25, 0.3) is 0 Å². The van der Waals surface area contributed by atoms with E-state index >= 15 is 0 Å². The van der Waals surface area contributed by atoms with Crippen molar-refractivity contribution in [3.63, 3.8) is 0 Å². The Labute approximate surface area is 168 Å². The largest absolute Gasteiger partial charge is 0.488 e. The van der Waals surface area contributed by atoms with Crippen LogP contribution in [0, 0.1) is 0 Å². The number of fused-ring (bicyclic) bond motifs is 1. The third-order valence-corrected chi connectivity index (χ3v) is 4.82. The lowest BCUT2D eigenvalue weighted by molar-refractivity contribution is 0.133. The molecule has 2 N–H and O–H groups in total. The molecule has 1 atom stereocenters. The molecule has 0 radical (unpaired) electrons. The number of nitrogens with zero attached hydrogens (tertiary/aromatic N) is 1. The van der Waals surface area contributed by atoms with Crippen LogP contribution in [-0.2, 0) is 17.6 Å². The monoisotopic (exact) mass is 381 g/mol. The molecular weight excluding hydrogens is 350 g/mol. The third-order valence-electron chi connectivity index (χ3n) is 4.82. The van der Waals surface area contributed by atoms with E-state index in [9.17, 15) is 0 Å². The molecule has 0 aromatic heterocycles. The Morgan fingerprint density at radius 3 is 2.68 bits per heavy atom. The molecule has 0 aliphatic carbocycles. The normalized spacial score (nSPS) is 15.8. The molecule has 3 rings (SSSR count). The molecule has 1 aliphatic heterocycles. The van der Waals surface area contributed by atoms with Crippen LogP contribution >= 0.6 is 0 Å². The van der Waals surface area contributed by atoms with Crippen molar-refractivity contribution in [3.05, 3.63) is 65.7 Å². The number of hydrogen-bond acceptors (Lipinski definition) is 3. The molecule has 0 fully saturated rings. The second kappa shape index (κ2) is 11.3. The van der Waals surface area contributed by atoms with Gasteiger partial charge < -0.3 is 20.1 Å². The van der Waals surface area contributed by atoms with E-state index in [1.165, 1.54) is 11.1 Å². The summed E-state index contributed by atoms with van der Waals surface area (Å²) in [5.74, 6) is 1.83. The van der Waals surface area contributed by atoms with Crippen LogP contribution in [0.5, 0.6) is 5.75 Å². The van der Waals surface area contributed by atoms with E-state index in [1.54, 1.807) is 7.05 Å². The van der Waals surface area contributed by atoms with E-state index < -0.39 is 0 Å². The highest BCUT2D eigenvalue weighted by Crippen LogP contribution is 2.27. The zero-order chi connectivity index (χ0) is 19.4. The smallest absolute Gasteiger partial charge is 0.191 e. The first-order chi connectivity index (χ1) is 13.8. The van der Waals surface area contributed by atoms with E-state index in [0.717, 1.165) is 63.7 Å². The molecule has 2 aromatic carbocycles. The van der Waals surface area contributed by atoms with Gasteiger partial charge in [0.1, 0.15) is 11.9 Å². The summed E-state index contributed by atoms with van der Waals surface area (Å²) in [6, 6.07) is 18.7. The van der Waals surface area contributed by atoms with Crippen molar-refractivity contribution in [1.82, 2.24) is 10.6 Å². The summed E-state index contributed by atoms with van der Waals surface area (Å²) < 4.78 is 11.7. The summed E-state index contributed by atoms with van der Waals surface area (Å²) in [5, 5.41) is 6.72. The van der Waals surface area contributed by atoms with Gasteiger partial charge in [0.25, 0.3) is 0 Å². The molecule has 1 aliphatic rings. The first kappa shape index (κ1) is 20.2. The summed E-state index contributed by atoms with van der Waals surface area (Å²) in [6.07, 6.45) is 4.18. The Morgan fingerprint density at radius 1 is 1.04 bits per heavy atom. The Bertz CT molecular complexity index is 709. The topological polar surface area (TPSA) is 54.9 Å². The number of rotatable bonds is 10. The van der Waals surface area contributed by atoms with Crippen molar-refractivity contribution in [3.8, 4) is 5.75 Å². The minimum Gasteiger partial charge on any atom is -0.488 e. The average Bonchev–Trinajstić information content (AvgIpc) is 3.16. The van der Waals surface area contributed by atoms with Crippen molar-refractivity contribution in [2.75, 3.05) is 33.4 Å². The van der Waals surface area contributed by atoms with Crippen LogP contribution in [0.15, 0.2) is 59.6 Å². The Kier molecular flexibility index (Phi) is 8.19. The number of para-hydroxylation sites is 1. The molecular formula is C23H31N3O2. The van der Waals surface area contributed by atoms with Gasteiger partial charge in [-0.2, -0.15) is 0 Å². The van der Waals surface area contributed by atoms with E-state index in [0.29, 0.717) is 0 Å². The molecule has 28 heavy (non-hydrogen) atoms. The van der Waals surface area contributed by atoms with Gasteiger partial charge in [-0.05, 0) is 36.5 Å². The van der Waals surface area contributed by atoms with Gasteiger partial charge in [0.05, 0.1) is 13.2 Å². The predicted molar refractivity (Wildman–Crippen MR) is 114 cm³/mol. The van der Waals surface area contributed by atoms with Crippen LogP contribution in [-0.4, -0.2) is 45.4 Å². The first-order valence-electron chi connectivity index (χ1n) is 10.2. The van der Waals surface area contributed by atoms with Crippen LogP contribution in [0.2, 0.25) is 0 Å². The van der Waals surface area contributed by atoms with Crippen molar-refractivity contribution >= 4 is 5.96 Å². The predicted octanol–water partition coefficient (Wildman–Crippen LogP) is 3.19. The molecule has 0 amide bonds. The molecule has 5 nitrogen and oxygen atoms in total. The number of nitrogens with one attached hydrogen (secondary N) is 2. The van der Waals surface area contributed by atoms with E-state index in [4.69, 9.17) is 9.47 Å². The molecule has 5 heteroatoms. The molecule has 0 saturated carbocycles. The van der Waals surface area contributed by atoms with Gasteiger partial charge in [-0.1, -0.05) is 48.5 Å². The Morgan fingerprint density at radius 2 is 1.86 bits per heavy atom. The van der Waals surface area contributed by atoms with Crippen molar-refractivity contribution in [1.29, 1.82) is 0 Å². The van der Waals surface area contributed by atoms with E-state index in [-0.39, 0.29) is 6.10 Å². The van der Waals surface area contributed by atoms with Gasteiger partial charge in [-0.25, -0.2) is 0 Å². The van der Waals surface area contributed by atoms with Crippen molar-refractivity contribution in [2.24, 2.45) is 4.99 Å². The van der Waals surface area contributed by atoms with Gasteiger partial charge in [0, 0.05) is 26.6 Å². The van der Waals surface area contributed by atoms with Gasteiger partial charge in [0.2, 0.25) is 0 Å². The average molecular weight is 382 g/mol. The maximum Gasteiger partial charge on any atom is 0.191 e. The van der Waals surface area contributed by atoms with Gasteiger partial charge in [-0.15, -0.1) is 0 Å². The second-order valence-electron chi connectivity index (χ2n) is 6.99. The minimum atomic E-state index is 0.161. The number of hydrogen-bond donors (Lipinski definition) is 2. The van der Waals surface area contributed by atoms with Crippen molar-refractivity contribution < 1.29 is 9.47 Å². The molecule has 0 bridgehead atoms. The summed E-state index contributed by atoms with van der Waals surface area (Å²) in [7, 11) is 1.80. The van der Waals surface area contributed by atoms with Crippen molar-refractivity contribution in [2.45, 2.75) is 31.8 Å². The summed E-state index contributed by atoms with van der Waals surface area (Å²) in [4.78, 5) is 4.29. The fourth-order valence-electron chi connectivity index (χ4n) is 3.27. The third kappa shape index (κ3) is 6.57. The van der Waals surface area contributed by atoms with E-state index in [1.807, 2.05) is 18.2 Å². The fourth-order valence-corrected chi connectivity index (χ4v) is 3.27. The molecule has 1 heterocycles. The van der Waals surface area contributed by atoms with Crippen LogP contribution < -0.4 is 15.4 Å². The fraction of sp³-hybridized carbons (Fsp3) is 0.435. The second-order valence-corrected chi connectivity index (χ2v) is 6.99. The molecule has 2 aromatic rings. The quantitative estimate of drug-likeness (QED) is 0.377. The summed E-state index contributed by atoms with van der Waals surface area (Å²) >= 11 is 0. The Balaban J connectivity index is 1.20. The highest BCUT2D eigenvalue weighted by molar-refractivity contribution is 5.79.